The molecule has 0 bridgehead atoms. The molecular formula is C11H14BrFO. The van der Waals surface area contributed by atoms with E-state index < -0.39 is 6.10 Å². The number of rotatable bonds is 4. The van der Waals surface area contributed by atoms with Crippen molar-refractivity contribution in [1.82, 2.24) is 0 Å². The van der Waals surface area contributed by atoms with Crippen molar-refractivity contribution in [2.75, 3.05) is 0 Å². The number of hydrogen-bond donors (Lipinski definition) is 1. The molecule has 0 fully saturated rings. The number of aliphatic hydroxyl groups excluding tert-OH is 1. The Morgan fingerprint density at radius 3 is 2.86 bits per heavy atom. The summed E-state index contributed by atoms with van der Waals surface area (Å²) in [5, 5.41) is 9.70. The van der Waals surface area contributed by atoms with Gasteiger partial charge in [0.25, 0.3) is 0 Å². The average Bonchev–Trinajstić information content (AvgIpc) is 2.18. The van der Waals surface area contributed by atoms with Crippen LogP contribution in [0, 0.1) is 5.82 Å². The zero-order chi connectivity index (χ0) is 10.6. The lowest BCUT2D eigenvalue weighted by molar-refractivity contribution is 0.159. The number of aliphatic hydroxyl groups is 1. The fourth-order valence-electron chi connectivity index (χ4n) is 1.33. The van der Waals surface area contributed by atoms with Crippen molar-refractivity contribution in [1.29, 1.82) is 0 Å². The van der Waals surface area contributed by atoms with Gasteiger partial charge in [-0.1, -0.05) is 31.9 Å². The Labute approximate surface area is 92.1 Å². The monoisotopic (exact) mass is 260 g/mol. The maximum absolute atomic E-state index is 13.5. The molecule has 14 heavy (non-hydrogen) atoms. The van der Waals surface area contributed by atoms with E-state index in [1.807, 2.05) is 6.92 Å². The molecule has 1 aromatic carbocycles. The van der Waals surface area contributed by atoms with Crippen LogP contribution < -0.4 is 0 Å². The Morgan fingerprint density at radius 1 is 1.50 bits per heavy atom. The highest BCUT2D eigenvalue weighted by Gasteiger charge is 2.13. The van der Waals surface area contributed by atoms with Crippen molar-refractivity contribution in [2.24, 2.45) is 0 Å². The van der Waals surface area contributed by atoms with E-state index in [2.05, 4.69) is 15.9 Å². The maximum Gasteiger partial charge on any atom is 0.143 e. The van der Waals surface area contributed by atoms with E-state index in [4.69, 9.17) is 0 Å². The van der Waals surface area contributed by atoms with Crippen LogP contribution in [0.5, 0.6) is 0 Å². The first kappa shape index (κ1) is 11.7. The molecule has 0 aliphatic rings. The van der Waals surface area contributed by atoms with E-state index >= 15 is 0 Å². The molecule has 78 valence electrons. The zero-order valence-electron chi connectivity index (χ0n) is 8.13. The summed E-state index contributed by atoms with van der Waals surface area (Å²) in [6, 6.07) is 4.99. The van der Waals surface area contributed by atoms with E-state index in [-0.39, 0.29) is 5.82 Å². The standard InChI is InChI=1S/C11H14BrFO/c1-2-3-7-10(14)8-5-4-6-9(12)11(8)13/h4-6,10,14H,2-3,7H2,1H3. The lowest BCUT2D eigenvalue weighted by Crippen LogP contribution is -2.00. The molecule has 1 N–H and O–H groups in total. The molecule has 1 atom stereocenters. The molecule has 0 saturated carbocycles. The van der Waals surface area contributed by atoms with E-state index in [1.165, 1.54) is 0 Å². The van der Waals surface area contributed by atoms with Gasteiger partial charge < -0.3 is 5.11 Å². The summed E-state index contributed by atoms with van der Waals surface area (Å²) in [4.78, 5) is 0. The molecule has 1 unspecified atom stereocenters. The number of benzene rings is 1. The van der Waals surface area contributed by atoms with Crippen LogP contribution >= 0.6 is 15.9 Å². The number of unbranched alkanes of at least 4 members (excludes halogenated alkanes) is 1. The molecular weight excluding hydrogens is 247 g/mol. The Balaban J connectivity index is 2.79. The van der Waals surface area contributed by atoms with Gasteiger partial charge in [0.1, 0.15) is 5.82 Å². The minimum atomic E-state index is -0.688. The van der Waals surface area contributed by atoms with Gasteiger partial charge >= 0.3 is 0 Å². The molecule has 0 aliphatic heterocycles. The van der Waals surface area contributed by atoms with Gasteiger partial charge in [-0.15, -0.1) is 0 Å². The first-order chi connectivity index (χ1) is 6.66. The van der Waals surface area contributed by atoms with Crippen molar-refractivity contribution in [3.05, 3.63) is 34.1 Å². The van der Waals surface area contributed by atoms with E-state index in [9.17, 15) is 9.50 Å². The third-order valence-corrected chi connectivity index (χ3v) is 2.78. The van der Waals surface area contributed by atoms with Crippen LogP contribution in [0.25, 0.3) is 0 Å². The lowest BCUT2D eigenvalue weighted by atomic mass is 10.0. The molecule has 1 aromatic rings. The molecule has 0 amide bonds. The molecule has 1 nitrogen and oxygen atoms in total. The quantitative estimate of drug-likeness (QED) is 0.873. The Hall–Kier alpha value is -0.410. The summed E-state index contributed by atoms with van der Waals surface area (Å²) in [5.74, 6) is -0.351. The van der Waals surface area contributed by atoms with Gasteiger partial charge in [0.15, 0.2) is 0 Å². The van der Waals surface area contributed by atoms with E-state index in [0.29, 0.717) is 16.5 Å². The largest absolute Gasteiger partial charge is 0.388 e. The number of halogens is 2. The van der Waals surface area contributed by atoms with Crippen molar-refractivity contribution >= 4 is 15.9 Å². The van der Waals surface area contributed by atoms with Crippen molar-refractivity contribution in [3.63, 3.8) is 0 Å². The third kappa shape index (κ3) is 2.79. The summed E-state index contributed by atoms with van der Waals surface area (Å²) in [6.07, 6.45) is 1.84. The van der Waals surface area contributed by atoms with Gasteiger partial charge in [-0.2, -0.15) is 0 Å². The smallest absolute Gasteiger partial charge is 0.143 e. The molecule has 0 aromatic heterocycles. The average molecular weight is 261 g/mol. The third-order valence-electron chi connectivity index (χ3n) is 2.17. The summed E-state index contributed by atoms with van der Waals surface area (Å²) in [7, 11) is 0. The molecule has 0 spiro atoms. The minimum Gasteiger partial charge on any atom is -0.388 e. The zero-order valence-corrected chi connectivity index (χ0v) is 9.72. The molecule has 0 radical (unpaired) electrons. The molecule has 0 heterocycles. The second kappa shape index (κ2) is 5.47. The van der Waals surface area contributed by atoms with Gasteiger partial charge in [0.2, 0.25) is 0 Å². The minimum absolute atomic E-state index is 0.351. The lowest BCUT2D eigenvalue weighted by Gasteiger charge is -2.11. The highest BCUT2D eigenvalue weighted by atomic mass is 79.9. The normalized spacial score (nSPS) is 12.9. The van der Waals surface area contributed by atoms with E-state index in [1.54, 1.807) is 18.2 Å². The Morgan fingerprint density at radius 2 is 2.21 bits per heavy atom. The van der Waals surface area contributed by atoms with Crippen LogP contribution in [0.1, 0.15) is 37.9 Å². The fraction of sp³-hybridized carbons (Fsp3) is 0.455. The highest BCUT2D eigenvalue weighted by molar-refractivity contribution is 9.10. The number of hydrogen-bond acceptors (Lipinski definition) is 1. The van der Waals surface area contributed by atoms with Crippen LogP contribution in [0.4, 0.5) is 4.39 Å². The van der Waals surface area contributed by atoms with Crippen molar-refractivity contribution < 1.29 is 9.50 Å². The molecule has 0 aliphatic carbocycles. The molecule has 3 heteroatoms. The fourth-order valence-corrected chi connectivity index (χ4v) is 1.71. The van der Waals surface area contributed by atoms with Gasteiger partial charge in [-0.05, 0) is 28.4 Å². The Kier molecular flexibility index (Phi) is 4.55. The maximum atomic E-state index is 13.5. The Bertz CT molecular complexity index is 301. The first-order valence-corrected chi connectivity index (χ1v) is 5.58. The summed E-state index contributed by atoms with van der Waals surface area (Å²) in [6.45, 7) is 2.05. The van der Waals surface area contributed by atoms with Gasteiger partial charge in [0, 0.05) is 5.56 Å². The summed E-state index contributed by atoms with van der Waals surface area (Å²) in [5.41, 5.74) is 0.382. The van der Waals surface area contributed by atoms with Gasteiger partial charge in [-0.25, -0.2) is 4.39 Å². The topological polar surface area (TPSA) is 20.2 Å². The summed E-state index contributed by atoms with van der Waals surface area (Å²) >= 11 is 3.10. The SMILES string of the molecule is CCCCC(O)c1cccc(Br)c1F. The van der Waals surface area contributed by atoms with Crippen molar-refractivity contribution in [3.8, 4) is 0 Å². The van der Waals surface area contributed by atoms with Crippen LogP contribution in [-0.2, 0) is 0 Å². The predicted octanol–water partition coefficient (Wildman–Crippen LogP) is 3.81. The second-order valence-electron chi connectivity index (χ2n) is 3.30. The molecule has 0 saturated heterocycles. The first-order valence-electron chi connectivity index (χ1n) is 4.78. The van der Waals surface area contributed by atoms with Gasteiger partial charge in [0.05, 0.1) is 10.6 Å². The van der Waals surface area contributed by atoms with Crippen molar-refractivity contribution in [2.45, 2.75) is 32.3 Å². The van der Waals surface area contributed by atoms with Crippen LogP contribution in [-0.4, -0.2) is 5.11 Å². The van der Waals surface area contributed by atoms with E-state index in [0.717, 1.165) is 12.8 Å². The predicted molar refractivity (Wildman–Crippen MR) is 58.6 cm³/mol. The molecule has 1 rings (SSSR count). The second-order valence-corrected chi connectivity index (χ2v) is 4.16. The van der Waals surface area contributed by atoms with Crippen LogP contribution in [0.3, 0.4) is 0 Å². The van der Waals surface area contributed by atoms with Crippen LogP contribution in [0.15, 0.2) is 22.7 Å². The highest BCUT2D eigenvalue weighted by Crippen LogP contribution is 2.26. The van der Waals surface area contributed by atoms with Crippen LogP contribution in [0.2, 0.25) is 0 Å². The summed E-state index contributed by atoms with van der Waals surface area (Å²) < 4.78 is 13.9. The van der Waals surface area contributed by atoms with Gasteiger partial charge in [-0.3, -0.25) is 0 Å².